The van der Waals surface area contributed by atoms with E-state index in [9.17, 15) is 9.90 Å². The fraction of sp³-hybridized carbons (Fsp3) is 0.714. The van der Waals surface area contributed by atoms with Crippen molar-refractivity contribution in [3.63, 3.8) is 0 Å². The second-order valence-electron chi connectivity index (χ2n) is 5.56. The van der Waals surface area contributed by atoms with E-state index < -0.39 is 5.97 Å². The highest BCUT2D eigenvalue weighted by molar-refractivity contribution is 5.73. The molecule has 1 aromatic heterocycles. The maximum atomic E-state index is 11.4. The second-order valence-corrected chi connectivity index (χ2v) is 5.56. The van der Waals surface area contributed by atoms with E-state index in [2.05, 4.69) is 28.3 Å². The van der Waals surface area contributed by atoms with Gasteiger partial charge in [-0.15, -0.1) is 0 Å². The molecular formula is C14H23N3O2. The van der Waals surface area contributed by atoms with Crippen LogP contribution >= 0.6 is 0 Å². The summed E-state index contributed by atoms with van der Waals surface area (Å²) >= 11 is 0. The zero-order valence-corrected chi connectivity index (χ0v) is 11.7. The molecule has 0 aliphatic carbocycles. The lowest BCUT2D eigenvalue weighted by molar-refractivity contribution is -0.143. The Morgan fingerprint density at radius 1 is 1.47 bits per heavy atom. The second kappa shape index (κ2) is 6.19. The van der Waals surface area contributed by atoms with Crippen LogP contribution in [0.1, 0.15) is 51.3 Å². The Hall–Kier alpha value is -1.36. The maximum absolute atomic E-state index is 11.4. The molecule has 1 aromatic rings. The molecule has 0 spiro atoms. The van der Waals surface area contributed by atoms with E-state index in [1.807, 2.05) is 12.5 Å². The average Bonchev–Trinajstić information content (AvgIpc) is 2.67. The molecule has 1 N–H and O–H groups in total. The molecule has 19 heavy (non-hydrogen) atoms. The number of aromatic nitrogens is 2. The standard InChI is InChI=1S/C14H23N3O2/c1-11(2)17-10-15-8-12(17)9-16-7-5-3-4-6-13(16)14(18)19/h8,10-11,13H,3-7,9H2,1-2H3,(H,18,19). The topological polar surface area (TPSA) is 58.4 Å². The van der Waals surface area contributed by atoms with Gasteiger partial charge in [0, 0.05) is 18.8 Å². The van der Waals surface area contributed by atoms with Gasteiger partial charge in [0.15, 0.2) is 0 Å². The van der Waals surface area contributed by atoms with Crippen LogP contribution in [0.15, 0.2) is 12.5 Å². The minimum atomic E-state index is -0.697. The van der Waals surface area contributed by atoms with Crippen LogP contribution in [-0.4, -0.2) is 38.1 Å². The number of rotatable bonds is 4. The van der Waals surface area contributed by atoms with E-state index in [0.717, 1.165) is 37.9 Å². The predicted molar refractivity (Wildman–Crippen MR) is 72.9 cm³/mol. The van der Waals surface area contributed by atoms with Gasteiger partial charge >= 0.3 is 5.97 Å². The zero-order valence-electron chi connectivity index (χ0n) is 11.7. The Balaban J connectivity index is 2.14. The van der Waals surface area contributed by atoms with Crippen molar-refractivity contribution in [1.82, 2.24) is 14.5 Å². The Morgan fingerprint density at radius 3 is 2.95 bits per heavy atom. The molecule has 0 aromatic carbocycles. The summed E-state index contributed by atoms with van der Waals surface area (Å²) in [5, 5.41) is 9.38. The van der Waals surface area contributed by atoms with Gasteiger partial charge in [-0.1, -0.05) is 12.8 Å². The highest BCUT2D eigenvalue weighted by Crippen LogP contribution is 2.20. The first-order valence-corrected chi connectivity index (χ1v) is 7.07. The molecule has 5 heteroatoms. The van der Waals surface area contributed by atoms with E-state index >= 15 is 0 Å². The number of carbonyl (C=O) groups is 1. The first-order chi connectivity index (χ1) is 9.09. The van der Waals surface area contributed by atoms with Gasteiger partial charge in [0.2, 0.25) is 0 Å². The summed E-state index contributed by atoms with van der Waals surface area (Å²) in [6, 6.07) is 0.00534. The molecule has 106 valence electrons. The van der Waals surface area contributed by atoms with Crippen molar-refractivity contribution in [2.45, 2.75) is 58.2 Å². The number of nitrogens with zero attached hydrogens (tertiary/aromatic N) is 3. The van der Waals surface area contributed by atoms with Crippen LogP contribution in [0.5, 0.6) is 0 Å². The van der Waals surface area contributed by atoms with E-state index in [1.165, 1.54) is 0 Å². The Kier molecular flexibility index (Phi) is 4.58. The summed E-state index contributed by atoms with van der Waals surface area (Å²) in [7, 11) is 0. The molecule has 0 radical (unpaired) electrons. The highest BCUT2D eigenvalue weighted by atomic mass is 16.4. The highest BCUT2D eigenvalue weighted by Gasteiger charge is 2.27. The summed E-state index contributed by atoms with van der Waals surface area (Å²) in [6.07, 6.45) is 7.66. The van der Waals surface area contributed by atoms with Crippen molar-refractivity contribution in [1.29, 1.82) is 0 Å². The van der Waals surface area contributed by atoms with Crippen LogP contribution in [0.2, 0.25) is 0 Å². The summed E-state index contributed by atoms with van der Waals surface area (Å²) in [6.45, 7) is 5.76. The number of carboxylic acids is 1. The van der Waals surface area contributed by atoms with Gasteiger partial charge in [0.25, 0.3) is 0 Å². The van der Waals surface area contributed by atoms with Crippen LogP contribution in [0.25, 0.3) is 0 Å². The lowest BCUT2D eigenvalue weighted by Crippen LogP contribution is -2.40. The maximum Gasteiger partial charge on any atom is 0.320 e. The zero-order chi connectivity index (χ0) is 13.8. The Morgan fingerprint density at radius 2 is 2.26 bits per heavy atom. The van der Waals surface area contributed by atoms with Crippen LogP contribution in [0.4, 0.5) is 0 Å². The van der Waals surface area contributed by atoms with Gasteiger partial charge in [-0.2, -0.15) is 0 Å². The molecule has 0 saturated carbocycles. The summed E-state index contributed by atoms with van der Waals surface area (Å²) in [5.41, 5.74) is 1.10. The van der Waals surface area contributed by atoms with Crippen LogP contribution in [0.3, 0.4) is 0 Å². The number of likely N-dealkylation sites (tertiary alicyclic amines) is 1. The number of hydrogen-bond donors (Lipinski definition) is 1. The molecule has 2 heterocycles. The van der Waals surface area contributed by atoms with Gasteiger partial charge in [0.1, 0.15) is 6.04 Å². The number of carboxylic acid groups (broad SMARTS) is 1. The van der Waals surface area contributed by atoms with E-state index in [1.54, 1.807) is 0 Å². The smallest absolute Gasteiger partial charge is 0.320 e. The van der Waals surface area contributed by atoms with Crippen molar-refractivity contribution in [2.75, 3.05) is 6.54 Å². The fourth-order valence-corrected chi connectivity index (χ4v) is 2.76. The lowest BCUT2D eigenvalue weighted by Gasteiger charge is -2.27. The van der Waals surface area contributed by atoms with Crippen molar-refractivity contribution in [2.24, 2.45) is 0 Å². The van der Waals surface area contributed by atoms with Crippen molar-refractivity contribution >= 4 is 5.97 Å². The summed E-state index contributed by atoms with van der Waals surface area (Å²) < 4.78 is 2.11. The molecule has 1 aliphatic heterocycles. The van der Waals surface area contributed by atoms with Gasteiger partial charge in [-0.05, 0) is 33.2 Å². The molecule has 1 atom stereocenters. The molecule has 2 rings (SSSR count). The molecule has 1 unspecified atom stereocenters. The third-order valence-electron chi connectivity index (χ3n) is 3.82. The normalized spacial score (nSPS) is 21.5. The van der Waals surface area contributed by atoms with Crippen LogP contribution in [0, 0.1) is 0 Å². The van der Waals surface area contributed by atoms with Gasteiger partial charge < -0.3 is 9.67 Å². The summed E-state index contributed by atoms with van der Waals surface area (Å²) in [5.74, 6) is -0.697. The minimum Gasteiger partial charge on any atom is -0.480 e. The molecule has 0 bridgehead atoms. The van der Waals surface area contributed by atoms with Gasteiger partial charge in [-0.25, -0.2) is 4.98 Å². The number of imidazole rings is 1. The quantitative estimate of drug-likeness (QED) is 0.907. The lowest BCUT2D eigenvalue weighted by atomic mass is 10.1. The number of aliphatic carboxylic acids is 1. The van der Waals surface area contributed by atoms with Crippen molar-refractivity contribution in [3.8, 4) is 0 Å². The Bertz CT molecular complexity index is 428. The molecule has 1 fully saturated rings. The van der Waals surface area contributed by atoms with Crippen molar-refractivity contribution in [3.05, 3.63) is 18.2 Å². The SMILES string of the molecule is CC(C)n1cncc1CN1CCCCCC1C(=O)O. The van der Waals surface area contributed by atoms with E-state index in [0.29, 0.717) is 12.6 Å². The monoisotopic (exact) mass is 265 g/mol. The summed E-state index contributed by atoms with van der Waals surface area (Å²) in [4.78, 5) is 17.7. The van der Waals surface area contributed by atoms with E-state index in [4.69, 9.17) is 0 Å². The minimum absolute atomic E-state index is 0.349. The first-order valence-electron chi connectivity index (χ1n) is 7.07. The van der Waals surface area contributed by atoms with Crippen molar-refractivity contribution < 1.29 is 9.90 Å². The van der Waals surface area contributed by atoms with Gasteiger partial charge in [-0.3, -0.25) is 9.69 Å². The molecule has 1 saturated heterocycles. The molecule has 1 aliphatic rings. The average molecular weight is 265 g/mol. The molecule has 5 nitrogen and oxygen atoms in total. The predicted octanol–water partition coefficient (Wildman–Crippen LogP) is 2.29. The fourth-order valence-electron chi connectivity index (χ4n) is 2.76. The van der Waals surface area contributed by atoms with Crippen LogP contribution in [-0.2, 0) is 11.3 Å². The first kappa shape index (κ1) is 14.1. The molecule has 0 amide bonds. The largest absolute Gasteiger partial charge is 0.480 e. The van der Waals surface area contributed by atoms with Gasteiger partial charge in [0.05, 0.1) is 12.0 Å². The third-order valence-corrected chi connectivity index (χ3v) is 3.82. The Labute approximate surface area is 114 Å². The molecular weight excluding hydrogens is 242 g/mol. The number of hydrogen-bond acceptors (Lipinski definition) is 3. The van der Waals surface area contributed by atoms with E-state index in [-0.39, 0.29) is 6.04 Å². The van der Waals surface area contributed by atoms with Crippen LogP contribution < -0.4 is 0 Å². The third kappa shape index (κ3) is 3.35.